The first-order chi connectivity index (χ1) is 11.7. The van der Waals surface area contributed by atoms with Crippen LogP contribution in [0.2, 0.25) is 0 Å². The van der Waals surface area contributed by atoms with Gasteiger partial charge >= 0.3 is 5.69 Å². The maximum Gasteiger partial charge on any atom is 0.340 e. The van der Waals surface area contributed by atoms with Gasteiger partial charge in [-0.15, -0.1) is 0 Å². The number of H-pyrrole nitrogens is 2. The molecule has 1 aromatic carbocycles. The molecule has 2 aromatic heterocycles. The van der Waals surface area contributed by atoms with Gasteiger partial charge in [-0.25, -0.2) is 14.6 Å². The molecule has 0 unspecified atom stereocenters. The maximum atomic E-state index is 11.8. The van der Waals surface area contributed by atoms with Gasteiger partial charge in [0.2, 0.25) is 5.91 Å². The van der Waals surface area contributed by atoms with Gasteiger partial charge in [0.05, 0.1) is 19.7 Å². The molecule has 0 atom stereocenters. The molecule has 0 aliphatic rings. The lowest BCUT2D eigenvalue weighted by Crippen LogP contribution is -2.25. The molecule has 0 bridgehead atoms. The Hall–Kier alpha value is -3.36. The predicted molar refractivity (Wildman–Crippen MR) is 84.9 cm³/mol. The number of ether oxygens (including phenoxy) is 1. The number of rotatable bonds is 6. The Kier molecular flexibility index (Phi) is 4.41. The second kappa shape index (κ2) is 6.82. The third-order valence-electron chi connectivity index (χ3n) is 3.34. The lowest BCUT2D eigenvalue weighted by molar-refractivity contribution is -0.120. The quantitative estimate of drug-likeness (QED) is 0.595. The standard InChI is InChI=1S/C15H16N6O3/c1-24-12-5-3-2-4-11(12)21-9-10(8-17-21)7-16-14(22)6-13-18-15(23)20-19-13/h2-5,8-9H,6-7H2,1H3,(H,16,22)(H2,18,19,20,23). The fourth-order valence-electron chi connectivity index (χ4n) is 2.21. The van der Waals surface area contributed by atoms with E-state index < -0.39 is 5.69 Å². The van der Waals surface area contributed by atoms with Crippen LogP contribution in [0, 0.1) is 0 Å². The van der Waals surface area contributed by atoms with E-state index in [0.717, 1.165) is 11.3 Å². The van der Waals surface area contributed by atoms with Gasteiger partial charge < -0.3 is 10.1 Å². The average molecular weight is 328 g/mol. The Morgan fingerprint density at radius 1 is 1.38 bits per heavy atom. The van der Waals surface area contributed by atoms with E-state index in [0.29, 0.717) is 18.1 Å². The van der Waals surface area contributed by atoms with Crippen LogP contribution in [-0.2, 0) is 17.8 Å². The number of hydrogen-bond acceptors (Lipinski definition) is 5. The number of hydrogen-bond donors (Lipinski definition) is 3. The van der Waals surface area contributed by atoms with Crippen LogP contribution in [0.4, 0.5) is 0 Å². The largest absolute Gasteiger partial charge is 0.494 e. The number of amides is 1. The molecule has 0 saturated heterocycles. The van der Waals surface area contributed by atoms with E-state index in [-0.39, 0.29) is 12.3 Å². The monoisotopic (exact) mass is 328 g/mol. The smallest absolute Gasteiger partial charge is 0.340 e. The molecule has 0 fully saturated rings. The molecule has 3 rings (SSSR count). The third-order valence-corrected chi connectivity index (χ3v) is 3.34. The van der Waals surface area contributed by atoms with Crippen molar-refractivity contribution in [3.63, 3.8) is 0 Å². The Bertz CT molecular complexity index is 894. The summed E-state index contributed by atoms with van der Waals surface area (Å²) in [5.74, 6) is 0.753. The number of para-hydroxylation sites is 2. The summed E-state index contributed by atoms with van der Waals surface area (Å²) in [5, 5.41) is 12.9. The second-order valence-corrected chi connectivity index (χ2v) is 5.04. The Morgan fingerprint density at radius 3 is 2.96 bits per heavy atom. The van der Waals surface area contributed by atoms with Crippen molar-refractivity contribution < 1.29 is 9.53 Å². The highest BCUT2D eigenvalue weighted by Crippen LogP contribution is 2.21. The summed E-state index contributed by atoms with van der Waals surface area (Å²) in [6.07, 6.45) is 3.48. The highest BCUT2D eigenvalue weighted by molar-refractivity contribution is 5.77. The number of carbonyl (C=O) groups excluding carboxylic acids is 1. The Labute approximate surface area is 136 Å². The summed E-state index contributed by atoms with van der Waals surface area (Å²) >= 11 is 0. The summed E-state index contributed by atoms with van der Waals surface area (Å²) in [5.41, 5.74) is 1.22. The van der Waals surface area contributed by atoms with Gasteiger partial charge in [0.25, 0.3) is 0 Å². The molecule has 3 N–H and O–H groups in total. The van der Waals surface area contributed by atoms with Gasteiger partial charge in [0, 0.05) is 18.3 Å². The summed E-state index contributed by atoms with van der Waals surface area (Å²) in [7, 11) is 1.60. The van der Waals surface area contributed by atoms with Crippen molar-refractivity contribution in [2.75, 3.05) is 7.11 Å². The fourth-order valence-corrected chi connectivity index (χ4v) is 2.21. The highest BCUT2D eigenvalue weighted by Gasteiger charge is 2.09. The van der Waals surface area contributed by atoms with Crippen LogP contribution in [0.15, 0.2) is 41.5 Å². The maximum absolute atomic E-state index is 11.8. The van der Waals surface area contributed by atoms with Crippen LogP contribution in [0.1, 0.15) is 11.4 Å². The SMILES string of the molecule is COc1ccccc1-n1cc(CNC(=O)Cc2n[nH]c(=O)[nH]2)cn1. The van der Waals surface area contributed by atoms with Crippen molar-refractivity contribution in [3.8, 4) is 11.4 Å². The van der Waals surface area contributed by atoms with E-state index in [1.807, 2.05) is 30.5 Å². The molecular formula is C15H16N6O3. The number of nitrogens with zero attached hydrogens (tertiary/aromatic N) is 3. The molecule has 9 nitrogen and oxygen atoms in total. The molecule has 24 heavy (non-hydrogen) atoms. The second-order valence-electron chi connectivity index (χ2n) is 5.04. The van der Waals surface area contributed by atoms with Gasteiger partial charge in [0.15, 0.2) is 0 Å². The van der Waals surface area contributed by atoms with E-state index in [4.69, 9.17) is 4.74 Å². The summed E-state index contributed by atoms with van der Waals surface area (Å²) in [6, 6.07) is 7.52. The lowest BCUT2D eigenvalue weighted by atomic mass is 10.3. The molecule has 9 heteroatoms. The van der Waals surface area contributed by atoms with E-state index in [1.54, 1.807) is 18.0 Å². The molecule has 0 radical (unpaired) electrons. The molecule has 0 aliphatic carbocycles. The van der Waals surface area contributed by atoms with Crippen molar-refractivity contribution in [1.29, 1.82) is 0 Å². The number of nitrogens with one attached hydrogen (secondary N) is 3. The van der Waals surface area contributed by atoms with Gasteiger partial charge in [-0.05, 0) is 12.1 Å². The topological polar surface area (TPSA) is 118 Å². The van der Waals surface area contributed by atoms with Crippen molar-refractivity contribution in [2.45, 2.75) is 13.0 Å². The Balaban J connectivity index is 1.62. The van der Waals surface area contributed by atoms with Gasteiger partial charge in [-0.2, -0.15) is 10.2 Å². The van der Waals surface area contributed by atoms with Crippen LogP contribution < -0.4 is 15.7 Å². The molecule has 2 heterocycles. The van der Waals surface area contributed by atoms with Gasteiger partial charge in [0.1, 0.15) is 17.3 Å². The van der Waals surface area contributed by atoms with Gasteiger partial charge in [-0.1, -0.05) is 12.1 Å². The molecular weight excluding hydrogens is 312 g/mol. The van der Waals surface area contributed by atoms with E-state index in [2.05, 4.69) is 25.6 Å². The van der Waals surface area contributed by atoms with Crippen LogP contribution in [-0.4, -0.2) is 38.0 Å². The van der Waals surface area contributed by atoms with Crippen LogP contribution in [0.5, 0.6) is 5.75 Å². The number of methoxy groups -OCH3 is 1. The number of aromatic nitrogens is 5. The zero-order valence-electron chi connectivity index (χ0n) is 12.9. The summed E-state index contributed by atoms with van der Waals surface area (Å²) in [4.78, 5) is 25.2. The normalized spacial score (nSPS) is 10.5. The zero-order chi connectivity index (χ0) is 16.9. The lowest BCUT2D eigenvalue weighted by Gasteiger charge is -2.07. The first-order valence-corrected chi connectivity index (χ1v) is 7.23. The minimum Gasteiger partial charge on any atom is -0.494 e. The Morgan fingerprint density at radius 2 is 2.21 bits per heavy atom. The molecule has 0 spiro atoms. The van der Waals surface area contributed by atoms with Crippen LogP contribution in [0.25, 0.3) is 5.69 Å². The molecule has 0 saturated carbocycles. The molecule has 0 aliphatic heterocycles. The number of aromatic amines is 2. The minimum absolute atomic E-state index is 0.000610. The summed E-state index contributed by atoms with van der Waals surface area (Å²) in [6.45, 7) is 0.322. The number of benzene rings is 1. The third kappa shape index (κ3) is 3.51. The van der Waals surface area contributed by atoms with Crippen LogP contribution in [0.3, 0.4) is 0 Å². The fraction of sp³-hybridized carbons (Fsp3) is 0.200. The summed E-state index contributed by atoms with van der Waals surface area (Å²) < 4.78 is 6.99. The predicted octanol–water partition coefficient (Wildman–Crippen LogP) is 0.151. The van der Waals surface area contributed by atoms with Gasteiger partial charge in [-0.3, -0.25) is 9.78 Å². The first kappa shape index (κ1) is 15.5. The highest BCUT2D eigenvalue weighted by atomic mass is 16.5. The van der Waals surface area contributed by atoms with Crippen molar-refractivity contribution >= 4 is 5.91 Å². The average Bonchev–Trinajstić information content (AvgIpc) is 3.22. The molecule has 1 amide bonds. The van der Waals surface area contributed by atoms with E-state index in [9.17, 15) is 9.59 Å². The number of carbonyl (C=O) groups is 1. The molecule has 3 aromatic rings. The molecule has 124 valence electrons. The van der Waals surface area contributed by atoms with Crippen molar-refractivity contribution in [1.82, 2.24) is 30.3 Å². The van der Waals surface area contributed by atoms with Crippen LogP contribution >= 0.6 is 0 Å². The van der Waals surface area contributed by atoms with E-state index >= 15 is 0 Å². The first-order valence-electron chi connectivity index (χ1n) is 7.23. The van der Waals surface area contributed by atoms with Crippen molar-refractivity contribution in [3.05, 3.63) is 58.5 Å². The zero-order valence-corrected chi connectivity index (χ0v) is 12.9. The van der Waals surface area contributed by atoms with E-state index in [1.165, 1.54) is 0 Å². The van der Waals surface area contributed by atoms with Crippen molar-refractivity contribution in [2.24, 2.45) is 0 Å². The minimum atomic E-state index is -0.434.